The van der Waals surface area contributed by atoms with Crippen LogP contribution in [-0.4, -0.2) is 58.9 Å². The molecule has 0 saturated carbocycles. The number of unbranched alkanes of at least 4 members (excludes halogenated alkanes) is 2. The van der Waals surface area contributed by atoms with Crippen LogP contribution >= 0.6 is 11.8 Å². The predicted octanol–water partition coefficient (Wildman–Crippen LogP) is 4.29. The van der Waals surface area contributed by atoms with Crippen molar-refractivity contribution in [3.8, 4) is 5.75 Å². The molecular weight excluding hydrogens is 509 g/mol. The van der Waals surface area contributed by atoms with Crippen LogP contribution in [0, 0.1) is 5.82 Å². The Morgan fingerprint density at radius 2 is 1.92 bits per heavy atom. The van der Waals surface area contributed by atoms with Gasteiger partial charge in [-0.25, -0.2) is 9.18 Å². The van der Waals surface area contributed by atoms with Gasteiger partial charge in [0.15, 0.2) is 0 Å². The zero-order valence-electron chi connectivity index (χ0n) is 21.1. The van der Waals surface area contributed by atoms with Crippen LogP contribution in [-0.2, 0) is 22.7 Å². The molecule has 8 nitrogen and oxygen atoms in total. The number of halogens is 1. The molecule has 200 valence electrons. The molecule has 2 aromatic carbocycles. The molecule has 2 aliphatic rings. The van der Waals surface area contributed by atoms with Gasteiger partial charge in [-0.3, -0.25) is 19.3 Å². The summed E-state index contributed by atoms with van der Waals surface area (Å²) in [4.78, 5) is 52.9. The van der Waals surface area contributed by atoms with Crippen LogP contribution in [0.2, 0.25) is 0 Å². The van der Waals surface area contributed by atoms with E-state index in [1.165, 1.54) is 35.9 Å². The molecule has 1 fully saturated rings. The summed E-state index contributed by atoms with van der Waals surface area (Å²) in [5.41, 5.74) is 1.99. The number of carbonyl (C=O) groups is 4. The van der Waals surface area contributed by atoms with E-state index in [4.69, 9.17) is 4.74 Å². The molecule has 1 saturated heterocycles. The molecule has 4 amide bonds. The van der Waals surface area contributed by atoms with Crippen LogP contribution in [0.25, 0.3) is 0 Å². The van der Waals surface area contributed by atoms with Crippen molar-refractivity contribution >= 4 is 35.9 Å². The molecule has 0 radical (unpaired) electrons. The van der Waals surface area contributed by atoms with Gasteiger partial charge in [0.25, 0.3) is 0 Å². The number of hydrogen-bond acceptors (Lipinski definition) is 6. The van der Waals surface area contributed by atoms with Crippen molar-refractivity contribution in [2.24, 2.45) is 0 Å². The van der Waals surface area contributed by atoms with Crippen LogP contribution in [0.5, 0.6) is 5.75 Å². The molecule has 2 aliphatic heterocycles. The molecular formula is C28H30FN3O5S. The predicted molar refractivity (Wildman–Crippen MR) is 142 cm³/mol. The van der Waals surface area contributed by atoms with Gasteiger partial charge in [0.2, 0.25) is 11.8 Å². The Bertz CT molecular complexity index is 1220. The van der Waals surface area contributed by atoms with Crippen molar-refractivity contribution in [3.05, 3.63) is 76.5 Å². The maximum atomic E-state index is 13.4. The molecule has 2 aromatic rings. The fourth-order valence-electron chi connectivity index (χ4n) is 4.58. The lowest BCUT2D eigenvalue weighted by atomic mass is 10.0. The minimum atomic E-state index is -0.412. The number of urea groups is 1. The summed E-state index contributed by atoms with van der Waals surface area (Å²) in [6.07, 6.45) is 4.81. The first-order valence-electron chi connectivity index (χ1n) is 12.5. The number of amides is 4. The fourth-order valence-corrected chi connectivity index (χ4v) is 5.64. The summed E-state index contributed by atoms with van der Waals surface area (Å²) < 4.78 is 18.4. The first-order chi connectivity index (χ1) is 18.4. The third-order valence-electron chi connectivity index (χ3n) is 6.63. The van der Waals surface area contributed by atoms with E-state index in [0.717, 1.165) is 11.8 Å². The van der Waals surface area contributed by atoms with E-state index in [1.807, 2.05) is 11.5 Å². The SMILES string of the molecule is COc1ccc(C=O)cc1CN1C(=O)N(CCCCCC(=O)NCc2ccc(F)cc2)C(=O)C2SC=CC21. The number of aldehydes is 1. The van der Waals surface area contributed by atoms with E-state index in [9.17, 15) is 23.6 Å². The number of ether oxygens (including phenoxy) is 1. The minimum absolute atomic E-state index is 0.103. The van der Waals surface area contributed by atoms with E-state index >= 15 is 0 Å². The van der Waals surface area contributed by atoms with Gasteiger partial charge >= 0.3 is 6.03 Å². The van der Waals surface area contributed by atoms with Crippen LogP contribution in [0.15, 0.2) is 53.9 Å². The number of hydrogen-bond donors (Lipinski definition) is 1. The van der Waals surface area contributed by atoms with Crippen molar-refractivity contribution < 1.29 is 28.3 Å². The van der Waals surface area contributed by atoms with Crippen molar-refractivity contribution in [1.82, 2.24) is 15.1 Å². The second-order valence-corrected chi connectivity index (χ2v) is 10.2. The average molecular weight is 540 g/mol. The van der Waals surface area contributed by atoms with Crippen molar-refractivity contribution in [2.75, 3.05) is 13.7 Å². The molecule has 0 aromatic heterocycles. The highest BCUT2D eigenvalue weighted by Crippen LogP contribution is 2.36. The van der Waals surface area contributed by atoms with E-state index in [2.05, 4.69) is 5.32 Å². The second-order valence-electron chi connectivity index (χ2n) is 9.18. The summed E-state index contributed by atoms with van der Waals surface area (Å²) in [5, 5.41) is 4.25. The molecule has 2 atom stereocenters. The summed E-state index contributed by atoms with van der Waals surface area (Å²) >= 11 is 1.40. The van der Waals surface area contributed by atoms with Crippen molar-refractivity contribution in [1.29, 1.82) is 0 Å². The van der Waals surface area contributed by atoms with E-state index in [0.29, 0.717) is 49.1 Å². The second kappa shape index (κ2) is 12.7. The molecule has 10 heteroatoms. The molecule has 0 bridgehead atoms. The van der Waals surface area contributed by atoms with Gasteiger partial charge in [-0.1, -0.05) is 24.6 Å². The van der Waals surface area contributed by atoms with Gasteiger partial charge < -0.3 is 15.0 Å². The molecule has 0 aliphatic carbocycles. The van der Waals surface area contributed by atoms with Gasteiger partial charge in [0.1, 0.15) is 23.1 Å². The molecule has 1 N–H and O–H groups in total. The highest BCUT2D eigenvalue weighted by molar-refractivity contribution is 8.03. The lowest BCUT2D eigenvalue weighted by Gasteiger charge is -2.41. The van der Waals surface area contributed by atoms with Gasteiger partial charge in [-0.15, -0.1) is 11.8 Å². The molecule has 2 unspecified atom stereocenters. The summed E-state index contributed by atoms with van der Waals surface area (Å²) in [6.45, 7) is 0.801. The number of imide groups is 1. The smallest absolute Gasteiger partial charge is 0.327 e. The van der Waals surface area contributed by atoms with E-state index in [-0.39, 0.29) is 42.8 Å². The van der Waals surface area contributed by atoms with Gasteiger partial charge in [-0.2, -0.15) is 0 Å². The van der Waals surface area contributed by atoms with E-state index in [1.54, 1.807) is 35.2 Å². The molecule has 4 rings (SSSR count). The number of carbonyl (C=O) groups excluding carboxylic acids is 4. The van der Waals surface area contributed by atoms with Gasteiger partial charge in [-0.05, 0) is 54.1 Å². The normalized spacial score (nSPS) is 18.5. The third-order valence-corrected chi connectivity index (χ3v) is 7.71. The standard InChI is InChI=1S/C28H30FN3O5S/c1-37-24-11-8-20(18-33)15-21(24)17-32-23-12-14-38-26(23)27(35)31(28(32)36)13-4-2-3-5-25(34)30-16-19-6-9-22(29)10-7-19/h6-12,14-15,18,23,26H,2-5,13,16-17H2,1H3,(H,30,34). The van der Waals surface area contributed by atoms with Crippen LogP contribution in [0.1, 0.15) is 47.2 Å². The Balaban J connectivity index is 1.30. The van der Waals surface area contributed by atoms with Gasteiger partial charge in [0, 0.05) is 30.6 Å². The van der Waals surface area contributed by atoms with Crippen LogP contribution < -0.4 is 10.1 Å². The number of benzene rings is 2. The summed E-state index contributed by atoms with van der Waals surface area (Å²) in [7, 11) is 1.53. The Hall–Kier alpha value is -3.66. The number of rotatable bonds is 12. The quantitative estimate of drug-likeness (QED) is 0.320. The maximum absolute atomic E-state index is 13.4. The number of methoxy groups -OCH3 is 1. The number of nitrogens with zero attached hydrogens (tertiary/aromatic N) is 2. The summed E-state index contributed by atoms with van der Waals surface area (Å²) in [5.74, 6) is -0.0694. The zero-order chi connectivity index (χ0) is 27.1. The maximum Gasteiger partial charge on any atom is 0.327 e. The average Bonchev–Trinajstić information content (AvgIpc) is 3.42. The monoisotopic (exact) mass is 539 g/mol. The summed E-state index contributed by atoms with van der Waals surface area (Å²) in [6, 6.07) is 10.3. The van der Waals surface area contributed by atoms with Gasteiger partial charge in [0.05, 0.1) is 19.7 Å². The molecule has 0 spiro atoms. The Morgan fingerprint density at radius 1 is 1.13 bits per heavy atom. The van der Waals surface area contributed by atoms with Crippen molar-refractivity contribution in [2.45, 2.75) is 50.1 Å². The first-order valence-corrected chi connectivity index (χ1v) is 13.4. The van der Waals surface area contributed by atoms with E-state index < -0.39 is 5.25 Å². The fraction of sp³-hybridized carbons (Fsp3) is 0.357. The van der Waals surface area contributed by atoms with Crippen LogP contribution in [0.3, 0.4) is 0 Å². The number of fused-ring (bicyclic) bond motifs is 1. The Kier molecular flexibility index (Phi) is 9.17. The molecule has 38 heavy (non-hydrogen) atoms. The molecule has 2 heterocycles. The first kappa shape index (κ1) is 27.4. The highest BCUT2D eigenvalue weighted by atomic mass is 32.2. The topological polar surface area (TPSA) is 96.0 Å². The number of thioether (sulfide) groups is 1. The Labute approximate surface area is 225 Å². The zero-order valence-corrected chi connectivity index (χ0v) is 21.9. The highest BCUT2D eigenvalue weighted by Gasteiger charge is 2.47. The third kappa shape index (κ3) is 6.42. The minimum Gasteiger partial charge on any atom is -0.496 e. The number of nitrogens with one attached hydrogen (secondary N) is 1. The van der Waals surface area contributed by atoms with Crippen LogP contribution in [0.4, 0.5) is 9.18 Å². The van der Waals surface area contributed by atoms with Crippen molar-refractivity contribution in [3.63, 3.8) is 0 Å². The lowest BCUT2D eigenvalue weighted by molar-refractivity contribution is -0.131. The Morgan fingerprint density at radius 3 is 2.66 bits per heavy atom. The largest absolute Gasteiger partial charge is 0.496 e. The lowest BCUT2D eigenvalue weighted by Crippen LogP contribution is -2.61.